The van der Waals surface area contributed by atoms with Crippen LogP contribution < -0.4 is 4.90 Å². The summed E-state index contributed by atoms with van der Waals surface area (Å²) >= 11 is 0. The first-order valence-electron chi connectivity index (χ1n) is 4.64. The second kappa shape index (κ2) is 3.28. The maximum Gasteiger partial charge on any atom is 0.180 e. The minimum Gasteiger partial charge on any atom is -0.374 e. The molecule has 1 heterocycles. The standard InChI is InChI=1S/C10H13NO2S/c1-11-7-4-8-14(12,13)10-6-3-2-5-9(10)11/h2-3,5-6H,4,7-8H2,1H3. The molecule has 0 spiro atoms. The van der Waals surface area contributed by atoms with Crippen molar-refractivity contribution in [2.45, 2.75) is 11.3 Å². The molecule has 14 heavy (non-hydrogen) atoms. The Morgan fingerprint density at radius 1 is 1.29 bits per heavy atom. The molecular weight excluding hydrogens is 198 g/mol. The maximum atomic E-state index is 11.8. The molecule has 2 rings (SSSR count). The number of hydrogen-bond donors (Lipinski definition) is 0. The molecule has 0 saturated carbocycles. The molecule has 1 aromatic carbocycles. The van der Waals surface area contributed by atoms with Gasteiger partial charge in [-0.3, -0.25) is 0 Å². The van der Waals surface area contributed by atoms with Crippen LogP contribution in [-0.4, -0.2) is 27.8 Å². The van der Waals surface area contributed by atoms with E-state index in [9.17, 15) is 8.42 Å². The Kier molecular flexibility index (Phi) is 2.23. The van der Waals surface area contributed by atoms with Gasteiger partial charge in [0.15, 0.2) is 9.84 Å². The topological polar surface area (TPSA) is 37.4 Å². The first kappa shape index (κ1) is 9.52. The maximum absolute atomic E-state index is 11.8. The number of sulfone groups is 1. The quantitative estimate of drug-likeness (QED) is 0.649. The molecule has 0 fully saturated rings. The zero-order chi connectivity index (χ0) is 10.2. The average Bonchev–Trinajstić information content (AvgIpc) is 2.27. The Bertz CT molecular complexity index is 439. The lowest BCUT2D eigenvalue weighted by Gasteiger charge is -2.17. The summed E-state index contributed by atoms with van der Waals surface area (Å²) in [7, 11) is -1.12. The Hall–Kier alpha value is -1.03. The van der Waals surface area contributed by atoms with Gasteiger partial charge in [0.05, 0.1) is 16.3 Å². The van der Waals surface area contributed by atoms with Crippen LogP contribution in [0.1, 0.15) is 6.42 Å². The summed E-state index contributed by atoms with van der Waals surface area (Å²) in [5, 5.41) is 0. The van der Waals surface area contributed by atoms with Gasteiger partial charge in [-0.05, 0) is 18.6 Å². The van der Waals surface area contributed by atoms with Crippen LogP contribution in [0.5, 0.6) is 0 Å². The van der Waals surface area contributed by atoms with Crippen LogP contribution in [-0.2, 0) is 9.84 Å². The molecule has 1 aromatic rings. The minimum absolute atomic E-state index is 0.258. The highest BCUT2D eigenvalue weighted by Crippen LogP contribution is 2.28. The van der Waals surface area contributed by atoms with E-state index in [0.717, 1.165) is 12.2 Å². The fourth-order valence-corrected chi connectivity index (χ4v) is 3.32. The number of benzene rings is 1. The number of para-hydroxylation sites is 1. The monoisotopic (exact) mass is 211 g/mol. The van der Waals surface area contributed by atoms with Crippen LogP contribution in [0.15, 0.2) is 29.2 Å². The van der Waals surface area contributed by atoms with Crippen molar-refractivity contribution < 1.29 is 8.42 Å². The van der Waals surface area contributed by atoms with Crippen molar-refractivity contribution in [3.05, 3.63) is 24.3 Å². The van der Waals surface area contributed by atoms with Crippen LogP contribution in [0.25, 0.3) is 0 Å². The molecule has 0 atom stereocenters. The molecule has 0 saturated heterocycles. The highest BCUT2D eigenvalue weighted by Gasteiger charge is 2.23. The summed E-state index contributed by atoms with van der Waals surface area (Å²) in [5.41, 5.74) is 0.824. The highest BCUT2D eigenvalue weighted by molar-refractivity contribution is 7.91. The van der Waals surface area contributed by atoms with E-state index in [1.165, 1.54) is 0 Å². The van der Waals surface area contributed by atoms with Crippen LogP contribution in [0.2, 0.25) is 0 Å². The average molecular weight is 211 g/mol. The van der Waals surface area contributed by atoms with E-state index >= 15 is 0 Å². The number of hydrogen-bond acceptors (Lipinski definition) is 3. The van der Waals surface area contributed by atoms with E-state index in [1.54, 1.807) is 12.1 Å². The van der Waals surface area contributed by atoms with Crippen molar-refractivity contribution in [3.63, 3.8) is 0 Å². The van der Waals surface area contributed by atoms with E-state index in [0.29, 0.717) is 11.3 Å². The van der Waals surface area contributed by atoms with Gasteiger partial charge in [-0.25, -0.2) is 8.42 Å². The molecular formula is C10H13NO2S. The van der Waals surface area contributed by atoms with Gasteiger partial charge >= 0.3 is 0 Å². The van der Waals surface area contributed by atoms with Crippen molar-refractivity contribution in [1.29, 1.82) is 0 Å². The van der Waals surface area contributed by atoms with Crippen LogP contribution in [0, 0.1) is 0 Å². The first-order chi connectivity index (χ1) is 6.61. The van der Waals surface area contributed by atoms with Crippen LogP contribution >= 0.6 is 0 Å². The molecule has 1 aliphatic rings. The third kappa shape index (κ3) is 1.50. The van der Waals surface area contributed by atoms with Gasteiger partial charge in [0.1, 0.15) is 0 Å². The van der Waals surface area contributed by atoms with Crippen molar-refractivity contribution >= 4 is 15.5 Å². The largest absolute Gasteiger partial charge is 0.374 e. The van der Waals surface area contributed by atoms with Gasteiger partial charge in [-0.2, -0.15) is 0 Å². The van der Waals surface area contributed by atoms with Gasteiger partial charge < -0.3 is 4.90 Å². The fourth-order valence-electron chi connectivity index (χ4n) is 1.76. The van der Waals surface area contributed by atoms with Crippen LogP contribution in [0.3, 0.4) is 0 Å². The number of anilines is 1. The zero-order valence-electron chi connectivity index (χ0n) is 8.10. The third-order valence-electron chi connectivity index (χ3n) is 2.52. The summed E-state index contributed by atoms with van der Waals surface area (Å²) in [6.45, 7) is 0.802. The summed E-state index contributed by atoms with van der Waals surface area (Å²) in [5.74, 6) is 0.258. The van der Waals surface area contributed by atoms with E-state index < -0.39 is 9.84 Å². The van der Waals surface area contributed by atoms with E-state index in [2.05, 4.69) is 0 Å². The number of fused-ring (bicyclic) bond motifs is 1. The zero-order valence-corrected chi connectivity index (χ0v) is 8.92. The fraction of sp³-hybridized carbons (Fsp3) is 0.400. The second-order valence-corrected chi connectivity index (χ2v) is 5.64. The lowest BCUT2D eigenvalue weighted by molar-refractivity contribution is 0.596. The predicted octanol–water partition coefficient (Wildman–Crippen LogP) is 1.30. The van der Waals surface area contributed by atoms with Crippen molar-refractivity contribution in [3.8, 4) is 0 Å². The Balaban J connectivity index is 2.65. The molecule has 0 bridgehead atoms. The molecule has 76 valence electrons. The minimum atomic E-state index is -3.05. The summed E-state index contributed by atoms with van der Waals surface area (Å²) in [6, 6.07) is 7.19. The third-order valence-corrected chi connectivity index (χ3v) is 4.36. The van der Waals surface area contributed by atoms with Gasteiger partial charge in [0.2, 0.25) is 0 Å². The van der Waals surface area contributed by atoms with Gasteiger partial charge in [0, 0.05) is 13.6 Å². The Labute approximate surface area is 84.3 Å². The molecule has 0 unspecified atom stereocenters. The van der Waals surface area contributed by atoms with E-state index in [4.69, 9.17) is 0 Å². The van der Waals surface area contributed by atoms with Crippen molar-refractivity contribution in [1.82, 2.24) is 0 Å². The Morgan fingerprint density at radius 2 is 2.00 bits per heavy atom. The van der Waals surface area contributed by atoms with Gasteiger partial charge in [-0.1, -0.05) is 12.1 Å². The molecule has 0 aliphatic carbocycles. The SMILES string of the molecule is CN1CCCS(=O)(=O)c2ccccc21. The molecule has 0 N–H and O–H groups in total. The number of rotatable bonds is 0. The highest BCUT2D eigenvalue weighted by atomic mass is 32.2. The van der Waals surface area contributed by atoms with Gasteiger partial charge in [-0.15, -0.1) is 0 Å². The molecule has 1 aliphatic heterocycles. The van der Waals surface area contributed by atoms with E-state index in [-0.39, 0.29) is 5.75 Å². The lowest BCUT2D eigenvalue weighted by Crippen LogP contribution is -2.17. The summed E-state index contributed by atoms with van der Waals surface area (Å²) < 4.78 is 23.6. The molecule has 0 aromatic heterocycles. The molecule has 3 nitrogen and oxygen atoms in total. The van der Waals surface area contributed by atoms with Crippen LogP contribution in [0.4, 0.5) is 5.69 Å². The first-order valence-corrected chi connectivity index (χ1v) is 6.29. The van der Waals surface area contributed by atoms with Crippen molar-refractivity contribution in [2.24, 2.45) is 0 Å². The number of nitrogens with zero attached hydrogens (tertiary/aromatic N) is 1. The summed E-state index contributed by atoms with van der Waals surface area (Å²) in [4.78, 5) is 2.47. The second-order valence-electron chi connectivity index (χ2n) is 3.56. The predicted molar refractivity (Wildman–Crippen MR) is 56.4 cm³/mol. The molecule has 4 heteroatoms. The van der Waals surface area contributed by atoms with Gasteiger partial charge in [0.25, 0.3) is 0 Å². The smallest absolute Gasteiger partial charge is 0.180 e. The van der Waals surface area contributed by atoms with E-state index in [1.807, 2.05) is 24.1 Å². The Morgan fingerprint density at radius 3 is 2.79 bits per heavy atom. The normalized spacial score (nSPS) is 19.9. The lowest BCUT2D eigenvalue weighted by atomic mass is 10.3. The molecule has 0 radical (unpaired) electrons. The summed E-state index contributed by atoms with van der Waals surface area (Å²) in [6.07, 6.45) is 0.702. The van der Waals surface area contributed by atoms with Crippen molar-refractivity contribution in [2.75, 3.05) is 24.2 Å². The molecule has 0 amide bonds.